The Morgan fingerprint density at radius 1 is 1.43 bits per heavy atom. The number of amides is 1. The molecule has 14 heavy (non-hydrogen) atoms. The lowest BCUT2D eigenvalue weighted by atomic mass is 10.1. The molecule has 5 heteroatoms. The van der Waals surface area contributed by atoms with Crippen molar-refractivity contribution in [3.05, 3.63) is 27.7 Å². The summed E-state index contributed by atoms with van der Waals surface area (Å²) in [6.07, 6.45) is 0. The average Bonchev–Trinajstić information content (AvgIpc) is 2.33. The van der Waals surface area contributed by atoms with Gasteiger partial charge in [0.25, 0.3) is 5.91 Å². The number of fused-ring (bicyclic) bond motifs is 1. The third-order valence-electron chi connectivity index (χ3n) is 2.20. The predicted octanol–water partition coefficient (Wildman–Crippen LogP) is 2.80. The number of carbonyl (C=O) groups is 1. The van der Waals surface area contributed by atoms with Gasteiger partial charge >= 0.3 is 5.92 Å². The number of rotatable bonds is 0. The van der Waals surface area contributed by atoms with E-state index in [1.54, 1.807) is 13.0 Å². The predicted molar refractivity (Wildman–Crippen MR) is 51.4 cm³/mol. The minimum absolute atomic E-state index is 0.181. The Balaban J connectivity index is 2.70. The molecule has 2 nitrogen and oxygen atoms in total. The molecule has 0 atom stereocenters. The van der Waals surface area contributed by atoms with E-state index in [1.807, 2.05) is 0 Å². The Hall–Kier alpha value is -0.970. The number of aryl methyl sites for hydroxylation is 1. The number of halogens is 3. The summed E-state index contributed by atoms with van der Waals surface area (Å²) in [7, 11) is 0. The fourth-order valence-corrected chi connectivity index (χ4v) is 1.82. The van der Waals surface area contributed by atoms with Crippen molar-refractivity contribution in [2.45, 2.75) is 12.8 Å². The van der Waals surface area contributed by atoms with Gasteiger partial charge in [0.05, 0.1) is 11.3 Å². The number of nitrogens with one attached hydrogen (secondary N) is 1. The first-order valence-corrected chi connectivity index (χ1v) is 4.72. The van der Waals surface area contributed by atoms with Crippen LogP contribution >= 0.6 is 15.9 Å². The van der Waals surface area contributed by atoms with E-state index in [0.29, 0.717) is 4.47 Å². The van der Waals surface area contributed by atoms with Crippen molar-refractivity contribution in [2.24, 2.45) is 0 Å². The smallest absolute Gasteiger partial charge is 0.319 e. The molecule has 1 heterocycles. The molecule has 2 rings (SSSR count). The van der Waals surface area contributed by atoms with Crippen LogP contribution in [0.1, 0.15) is 11.1 Å². The van der Waals surface area contributed by atoms with Crippen molar-refractivity contribution in [1.29, 1.82) is 0 Å². The lowest BCUT2D eigenvalue weighted by molar-refractivity contribution is -0.139. The van der Waals surface area contributed by atoms with Crippen molar-refractivity contribution in [3.63, 3.8) is 0 Å². The Labute approximate surface area is 87.4 Å². The van der Waals surface area contributed by atoms with Crippen molar-refractivity contribution in [2.75, 3.05) is 5.32 Å². The summed E-state index contributed by atoms with van der Waals surface area (Å²) in [6.45, 7) is 1.77. The molecule has 0 unspecified atom stereocenters. The van der Waals surface area contributed by atoms with Crippen LogP contribution in [-0.2, 0) is 10.7 Å². The maximum atomic E-state index is 13.2. The van der Waals surface area contributed by atoms with Crippen LogP contribution in [0.2, 0.25) is 0 Å². The zero-order valence-electron chi connectivity index (χ0n) is 7.20. The van der Waals surface area contributed by atoms with Gasteiger partial charge in [-0.1, -0.05) is 12.1 Å². The van der Waals surface area contributed by atoms with Gasteiger partial charge < -0.3 is 5.32 Å². The Morgan fingerprint density at radius 3 is 2.71 bits per heavy atom. The molecular weight excluding hydrogens is 256 g/mol. The topological polar surface area (TPSA) is 29.1 Å². The molecule has 1 N–H and O–H groups in total. The standard InChI is InChI=1S/C9H6BrF2NO/c1-4-2-3-5-7(6(4)10)13-8(14)9(5,11)12/h2-3H,1H3,(H,13,14). The minimum atomic E-state index is -3.41. The average molecular weight is 262 g/mol. The molecule has 74 valence electrons. The largest absolute Gasteiger partial charge is 0.352 e. The highest BCUT2D eigenvalue weighted by Crippen LogP contribution is 2.44. The van der Waals surface area contributed by atoms with E-state index in [9.17, 15) is 13.6 Å². The highest BCUT2D eigenvalue weighted by Gasteiger charge is 2.49. The molecule has 1 aliphatic rings. The molecule has 0 spiro atoms. The van der Waals surface area contributed by atoms with Crippen molar-refractivity contribution in [3.8, 4) is 0 Å². The Morgan fingerprint density at radius 2 is 2.07 bits per heavy atom. The van der Waals surface area contributed by atoms with Gasteiger partial charge in [0.15, 0.2) is 0 Å². The molecule has 1 aromatic carbocycles. The molecule has 0 radical (unpaired) electrons. The molecule has 1 aliphatic heterocycles. The second-order valence-corrected chi connectivity index (χ2v) is 3.94. The fraction of sp³-hybridized carbons (Fsp3) is 0.222. The molecule has 0 aliphatic carbocycles. The summed E-state index contributed by atoms with van der Waals surface area (Å²) in [6, 6.07) is 2.82. The van der Waals surface area contributed by atoms with Crippen LogP contribution in [0.15, 0.2) is 16.6 Å². The zero-order chi connectivity index (χ0) is 10.5. The molecule has 0 bridgehead atoms. The van der Waals surface area contributed by atoms with Crippen molar-refractivity contribution in [1.82, 2.24) is 0 Å². The van der Waals surface area contributed by atoms with Crippen molar-refractivity contribution >= 4 is 27.5 Å². The van der Waals surface area contributed by atoms with E-state index >= 15 is 0 Å². The number of carbonyl (C=O) groups excluding carboxylic acids is 1. The summed E-state index contributed by atoms with van der Waals surface area (Å²) >= 11 is 3.16. The SMILES string of the molecule is Cc1ccc2c(c1Br)NC(=O)C2(F)F. The zero-order valence-corrected chi connectivity index (χ0v) is 8.78. The van der Waals surface area contributed by atoms with E-state index in [2.05, 4.69) is 21.2 Å². The summed E-state index contributed by atoms with van der Waals surface area (Å²) in [4.78, 5) is 10.9. The highest BCUT2D eigenvalue weighted by atomic mass is 79.9. The van der Waals surface area contributed by atoms with E-state index in [1.165, 1.54) is 6.07 Å². The van der Waals surface area contributed by atoms with E-state index in [4.69, 9.17) is 0 Å². The fourth-order valence-electron chi connectivity index (χ4n) is 1.38. The number of alkyl halides is 2. The lowest BCUT2D eigenvalue weighted by Gasteiger charge is -2.07. The van der Waals surface area contributed by atoms with Gasteiger partial charge in [-0.15, -0.1) is 0 Å². The molecular formula is C9H6BrF2NO. The van der Waals surface area contributed by atoms with E-state index < -0.39 is 11.8 Å². The minimum Gasteiger partial charge on any atom is -0.319 e. The first-order chi connectivity index (χ1) is 6.44. The Bertz CT molecular complexity index is 431. The lowest BCUT2D eigenvalue weighted by Crippen LogP contribution is -2.23. The molecule has 0 saturated heterocycles. The summed E-state index contributed by atoms with van der Waals surface area (Å²) < 4.78 is 26.9. The maximum absolute atomic E-state index is 13.2. The molecule has 1 aromatic rings. The van der Waals surface area contributed by atoms with Gasteiger partial charge in [0.1, 0.15) is 0 Å². The van der Waals surface area contributed by atoms with E-state index in [0.717, 1.165) is 5.56 Å². The van der Waals surface area contributed by atoms with E-state index in [-0.39, 0.29) is 11.3 Å². The Kier molecular flexibility index (Phi) is 1.89. The summed E-state index contributed by atoms with van der Waals surface area (Å²) in [5, 5.41) is 2.16. The number of benzene rings is 1. The normalized spacial score (nSPS) is 17.9. The van der Waals surface area contributed by atoms with Crippen LogP contribution in [0.25, 0.3) is 0 Å². The van der Waals surface area contributed by atoms with Crippen LogP contribution < -0.4 is 5.32 Å². The second-order valence-electron chi connectivity index (χ2n) is 3.15. The van der Waals surface area contributed by atoms with Crippen LogP contribution in [0, 0.1) is 6.92 Å². The summed E-state index contributed by atoms with van der Waals surface area (Å²) in [5.74, 6) is -4.68. The van der Waals surface area contributed by atoms with Crippen LogP contribution in [0.3, 0.4) is 0 Å². The van der Waals surface area contributed by atoms with Crippen LogP contribution in [0.4, 0.5) is 14.5 Å². The monoisotopic (exact) mass is 261 g/mol. The van der Waals surface area contributed by atoms with Gasteiger partial charge in [-0.2, -0.15) is 8.78 Å². The molecule has 0 saturated carbocycles. The van der Waals surface area contributed by atoms with Gasteiger partial charge in [0.2, 0.25) is 0 Å². The van der Waals surface area contributed by atoms with Gasteiger partial charge in [0, 0.05) is 4.47 Å². The quantitative estimate of drug-likeness (QED) is 0.765. The number of hydrogen-bond donors (Lipinski definition) is 1. The maximum Gasteiger partial charge on any atom is 0.352 e. The van der Waals surface area contributed by atoms with Crippen LogP contribution in [0.5, 0.6) is 0 Å². The summed E-state index contributed by atoms with van der Waals surface area (Å²) in [5.41, 5.74) is 0.724. The van der Waals surface area contributed by atoms with Gasteiger partial charge in [-0.05, 0) is 28.4 Å². The third-order valence-corrected chi connectivity index (χ3v) is 3.22. The van der Waals surface area contributed by atoms with Crippen molar-refractivity contribution < 1.29 is 13.6 Å². The second kappa shape index (κ2) is 2.76. The third kappa shape index (κ3) is 1.08. The number of anilines is 1. The highest BCUT2D eigenvalue weighted by molar-refractivity contribution is 9.10. The van der Waals surface area contributed by atoms with Gasteiger partial charge in [-0.25, -0.2) is 0 Å². The van der Waals surface area contributed by atoms with Crippen LogP contribution in [-0.4, -0.2) is 5.91 Å². The first kappa shape index (κ1) is 9.58. The number of hydrogen-bond acceptors (Lipinski definition) is 1. The molecule has 1 amide bonds. The molecule has 0 aromatic heterocycles. The molecule has 0 fully saturated rings. The van der Waals surface area contributed by atoms with Gasteiger partial charge in [-0.3, -0.25) is 4.79 Å². The first-order valence-electron chi connectivity index (χ1n) is 3.93.